The SMILES string of the molecule is CC(=O)N[C@H]1[C@H]([C@H](O)[C@@H](O)CNC(=O)c2ccc(Cl)cc2)O[C@](OCc2c(F)c(F)c(F)c(F)c2F)(C(=O)[O-])C[C@@H]1O. The van der Waals surface area contributed by atoms with Crippen LogP contribution in [0.4, 0.5) is 22.0 Å². The van der Waals surface area contributed by atoms with Crippen LogP contribution in [0, 0.1) is 29.1 Å². The van der Waals surface area contributed by atoms with Crippen LogP contribution in [-0.2, 0) is 25.7 Å². The van der Waals surface area contributed by atoms with Crippen LogP contribution in [0.3, 0.4) is 0 Å². The molecule has 1 fully saturated rings. The Hall–Kier alpha value is -3.41. The monoisotopic (exact) mass is 625 g/mol. The van der Waals surface area contributed by atoms with Crippen molar-refractivity contribution in [2.24, 2.45) is 0 Å². The Balaban J connectivity index is 1.86. The first-order chi connectivity index (χ1) is 19.6. The van der Waals surface area contributed by atoms with E-state index in [-0.39, 0.29) is 5.56 Å². The maximum absolute atomic E-state index is 14.2. The Bertz CT molecular complexity index is 1320. The molecule has 1 aliphatic heterocycles. The molecule has 0 unspecified atom stereocenters. The predicted octanol–water partition coefficient (Wildman–Crippen LogP) is -0.195. The molecule has 1 saturated heterocycles. The second-order valence-electron chi connectivity index (χ2n) is 9.23. The van der Waals surface area contributed by atoms with Gasteiger partial charge in [-0.15, -0.1) is 0 Å². The molecular weight excluding hydrogens is 603 g/mol. The minimum absolute atomic E-state index is 0.110. The number of halogens is 6. The normalized spacial score (nSPS) is 23.6. The van der Waals surface area contributed by atoms with Crippen LogP contribution in [0.25, 0.3) is 0 Å². The first-order valence-corrected chi connectivity index (χ1v) is 12.4. The largest absolute Gasteiger partial charge is 0.544 e. The minimum Gasteiger partial charge on any atom is -0.544 e. The lowest BCUT2D eigenvalue weighted by Crippen LogP contribution is -2.69. The summed E-state index contributed by atoms with van der Waals surface area (Å²) in [7, 11) is 0. The lowest BCUT2D eigenvalue weighted by molar-refractivity contribution is -0.383. The molecule has 230 valence electrons. The van der Waals surface area contributed by atoms with E-state index >= 15 is 0 Å². The summed E-state index contributed by atoms with van der Waals surface area (Å²) in [4.78, 5) is 36.2. The molecular formula is C25H23ClF5N2O9-. The van der Waals surface area contributed by atoms with Crippen molar-refractivity contribution in [3.05, 3.63) is 69.5 Å². The van der Waals surface area contributed by atoms with Crippen molar-refractivity contribution in [1.82, 2.24) is 10.6 Å². The quantitative estimate of drug-likeness (QED) is 0.136. The third kappa shape index (κ3) is 6.96. The van der Waals surface area contributed by atoms with Crippen LogP contribution >= 0.6 is 11.6 Å². The lowest BCUT2D eigenvalue weighted by atomic mass is 9.88. The average molecular weight is 626 g/mol. The zero-order chi connectivity index (χ0) is 31.5. The number of amides is 2. The summed E-state index contributed by atoms with van der Waals surface area (Å²) in [6.45, 7) is -1.31. The molecule has 1 heterocycles. The Labute approximate surface area is 238 Å². The van der Waals surface area contributed by atoms with E-state index in [0.29, 0.717) is 5.02 Å². The van der Waals surface area contributed by atoms with Gasteiger partial charge in [0.1, 0.15) is 18.2 Å². The van der Waals surface area contributed by atoms with Crippen molar-refractivity contribution in [3.8, 4) is 0 Å². The van der Waals surface area contributed by atoms with Gasteiger partial charge < -0.3 is 45.3 Å². The van der Waals surface area contributed by atoms with Crippen LogP contribution in [0.2, 0.25) is 5.02 Å². The van der Waals surface area contributed by atoms with Gasteiger partial charge in [0, 0.05) is 30.5 Å². The van der Waals surface area contributed by atoms with Crippen LogP contribution in [0.1, 0.15) is 29.3 Å². The summed E-state index contributed by atoms with van der Waals surface area (Å²) < 4.78 is 79.1. The zero-order valence-corrected chi connectivity index (χ0v) is 22.1. The third-order valence-electron chi connectivity index (χ3n) is 6.31. The molecule has 2 aromatic carbocycles. The maximum atomic E-state index is 14.2. The number of ether oxygens (including phenoxy) is 2. The summed E-state index contributed by atoms with van der Waals surface area (Å²) in [6.07, 6.45) is -9.31. The molecule has 17 heteroatoms. The molecule has 6 atom stereocenters. The van der Waals surface area contributed by atoms with Gasteiger partial charge in [-0.25, -0.2) is 22.0 Å². The van der Waals surface area contributed by atoms with E-state index in [0.717, 1.165) is 6.92 Å². The molecule has 11 nitrogen and oxygen atoms in total. The molecule has 3 rings (SSSR count). The number of hydrogen-bond donors (Lipinski definition) is 5. The van der Waals surface area contributed by atoms with Crippen LogP contribution in [0.15, 0.2) is 24.3 Å². The van der Waals surface area contributed by atoms with E-state index in [1.54, 1.807) is 0 Å². The number of carboxylic acids is 1. The first kappa shape index (κ1) is 33.1. The minimum atomic E-state index is -3.20. The first-order valence-electron chi connectivity index (χ1n) is 12.0. The van der Waals surface area contributed by atoms with Gasteiger partial charge in [0.2, 0.25) is 17.5 Å². The molecule has 0 bridgehead atoms. The number of hydrogen-bond acceptors (Lipinski definition) is 9. The number of carboxylic acid groups (broad SMARTS) is 1. The smallest absolute Gasteiger partial charge is 0.251 e. The van der Waals surface area contributed by atoms with Crippen molar-refractivity contribution in [2.75, 3.05) is 6.54 Å². The summed E-state index contributed by atoms with van der Waals surface area (Å²) in [5.41, 5.74) is -1.48. The van der Waals surface area contributed by atoms with Crippen LogP contribution in [-0.4, -0.2) is 75.9 Å². The van der Waals surface area contributed by atoms with Gasteiger partial charge in [0.15, 0.2) is 23.3 Å². The van der Waals surface area contributed by atoms with Crippen molar-refractivity contribution in [2.45, 2.75) is 56.2 Å². The van der Waals surface area contributed by atoms with Gasteiger partial charge in [-0.05, 0) is 24.3 Å². The van der Waals surface area contributed by atoms with E-state index in [4.69, 9.17) is 21.1 Å². The maximum Gasteiger partial charge on any atom is 0.251 e. The number of rotatable bonds is 10. The van der Waals surface area contributed by atoms with E-state index in [9.17, 15) is 56.8 Å². The Morgan fingerprint density at radius 1 is 1.07 bits per heavy atom. The Morgan fingerprint density at radius 2 is 1.62 bits per heavy atom. The molecule has 2 aromatic rings. The Kier molecular flexibility index (Phi) is 10.5. The van der Waals surface area contributed by atoms with Crippen LogP contribution in [0.5, 0.6) is 0 Å². The number of benzene rings is 2. The molecule has 0 radical (unpaired) electrons. The standard InChI is InChI=1S/C25H24ClF5N2O9/c1-9(34)33-20-13(35)6-25(24(39)40,41-8-12-15(27)17(29)19(31)18(30)16(12)28)42-22(20)21(37)14(36)7-32-23(38)10-2-4-11(26)5-3-10/h2-5,13-14,20-22,35-37H,6-8H2,1H3,(H,32,38)(H,33,34)(H,39,40)/p-1/t13-,14-,20+,21+,22+,25-/m0/s1. The third-order valence-corrected chi connectivity index (χ3v) is 6.57. The van der Waals surface area contributed by atoms with Crippen molar-refractivity contribution >= 4 is 29.4 Å². The van der Waals surface area contributed by atoms with E-state index < -0.39 is 108 Å². The highest BCUT2D eigenvalue weighted by atomic mass is 35.5. The second kappa shape index (κ2) is 13.3. The van der Waals surface area contributed by atoms with Gasteiger partial charge in [-0.3, -0.25) is 9.59 Å². The van der Waals surface area contributed by atoms with Gasteiger partial charge in [0.25, 0.3) is 5.91 Å². The van der Waals surface area contributed by atoms with Crippen LogP contribution < -0.4 is 15.7 Å². The molecule has 42 heavy (non-hydrogen) atoms. The van der Waals surface area contributed by atoms with Crippen molar-refractivity contribution < 1.29 is 66.2 Å². The summed E-state index contributed by atoms with van der Waals surface area (Å²) >= 11 is 5.76. The van der Waals surface area contributed by atoms with E-state index in [1.807, 2.05) is 0 Å². The highest BCUT2D eigenvalue weighted by Crippen LogP contribution is 2.35. The number of nitrogens with one attached hydrogen (secondary N) is 2. The fourth-order valence-corrected chi connectivity index (χ4v) is 4.27. The lowest BCUT2D eigenvalue weighted by Gasteiger charge is -2.48. The number of carbonyl (C=O) groups is 3. The van der Waals surface area contributed by atoms with Gasteiger partial charge in [0.05, 0.1) is 30.4 Å². The number of aliphatic hydroxyl groups excluding tert-OH is 3. The number of aliphatic hydroxyl groups is 3. The highest BCUT2D eigenvalue weighted by Gasteiger charge is 2.52. The van der Waals surface area contributed by atoms with E-state index in [1.165, 1.54) is 24.3 Å². The fraction of sp³-hybridized carbons (Fsp3) is 0.400. The molecule has 0 saturated carbocycles. The summed E-state index contributed by atoms with van der Waals surface area (Å²) in [5.74, 6) is -18.9. The van der Waals surface area contributed by atoms with Gasteiger partial charge in [-0.2, -0.15) is 0 Å². The predicted molar refractivity (Wildman–Crippen MR) is 128 cm³/mol. The molecule has 0 aromatic heterocycles. The number of carbonyl (C=O) groups excluding carboxylic acids is 3. The average Bonchev–Trinajstić information content (AvgIpc) is 2.94. The molecule has 5 N–H and O–H groups in total. The second-order valence-corrected chi connectivity index (χ2v) is 9.67. The number of aliphatic carboxylic acids is 1. The molecule has 2 amide bonds. The highest BCUT2D eigenvalue weighted by molar-refractivity contribution is 6.30. The fourth-order valence-electron chi connectivity index (χ4n) is 4.15. The van der Waals surface area contributed by atoms with Crippen molar-refractivity contribution in [3.63, 3.8) is 0 Å². The summed E-state index contributed by atoms with van der Waals surface area (Å²) in [5, 5.41) is 48.9. The zero-order valence-electron chi connectivity index (χ0n) is 21.4. The summed E-state index contributed by atoms with van der Waals surface area (Å²) in [6, 6.07) is 3.88. The van der Waals surface area contributed by atoms with Gasteiger partial charge >= 0.3 is 0 Å². The topological polar surface area (TPSA) is 177 Å². The molecule has 1 aliphatic rings. The Morgan fingerprint density at radius 3 is 2.14 bits per heavy atom. The molecule has 0 spiro atoms. The van der Waals surface area contributed by atoms with Gasteiger partial charge in [-0.1, -0.05) is 11.6 Å². The van der Waals surface area contributed by atoms with E-state index in [2.05, 4.69) is 10.6 Å². The molecule has 0 aliphatic carbocycles. The van der Waals surface area contributed by atoms with Crippen molar-refractivity contribution in [1.29, 1.82) is 0 Å².